The lowest BCUT2D eigenvalue weighted by atomic mass is 9.75. The summed E-state index contributed by atoms with van der Waals surface area (Å²) < 4.78 is 13.5. The molecular weight excluding hydrogens is 261 g/mol. The number of nitrogens with one attached hydrogen (secondary N) is 1. The number of benzene rings is 2. The molecule has 0 atom stereocenters. The summed E-state index contributed by atoms with van der Waals surface area (Å²) in [4.78, 5) is 0. The molecule has 1 nitrogen and oxygen atoms in total. The summed E-state index contributed by atoms with van der Waals surface area (Å²) in [6.45, 7) is 3.00. The Balaban J connectivity index is 1.42. The van der Waals surface area contributed by atoms with Crippen LogP contribution < -0.4 is 5.32 Å². The minimum Gasteiger partial charge on any atom is -0.314 e. The van der Waals surface area contributed by atoms with Crippen molar-refractivity contribution >= 4 is 0 Å². The Bertz CT molecular complexity index is 602. The van der Waals surface area contributed by atoms with E-state index in [1.54, 1.807) is 6.07 Å². The topological polar surface area (TPSA) is 12.0 Å². The van der Waals surface area contributed by atoms with E-state index in [2.05, 4.69) is 36.5 Å². The van der Waals surface area contributed by atoms with E-state index in [1.165, 1.54) is 30.0 Å². The molecule has 0 heterocycles. The second kappa shape index (κ2) is 6.40. The quantitative estimate of drug-likeness (QED) is 0.866. The summed E-state index contributed by atoms with van der Waals surface area (Å²) in [6.07, 6.45) is 3.15. The maximum Gasteiger partial charge on any atom is 0.126 e. The van der Waals surface area contributed by atoms with Crippen molar-refractivity contribution in [1.82, 2.24) is 5.32 Å². The molecule has 110 valence electrons. The van der Waals surface area contributed by atoms with Crippen molar-refractivity contribution in [3.05, 3.63) is 71.0 Å². The Morgan fingerprint density at radius 2 is 1.90 bits per heavy atom. The molecule has 0 radical (unpaired) electrons. The van der Waals surface area contributed by atoms with Crippen LogP contribution in [0.25, 0.3) is 0 Å². The van der Waals surface area contributed by atoms with Crippen LogP contribution in [0.1, 0.15) is 35.4 Å². The molecule has 1 aliphatic rings. The zero-order valence-electron chi connectivity index (χ0n) is 12.5. The summed E-state index contributed by atoms with van der Waals surface area (Å²) in [5.74, 6) is 0.599. The first-order valence-electron chi connectivity index (χ1n) is 7.76. The highest BCUT2D eigenvalue weighted by Crippen LogP contribution is 2.37. The number of aryl methyl sites for hydroxylation is 1. The van der Waals surface area contributed by atoms with E-state index in [9.17, 15) is 4.39 Å². The lowest BCUT2D eigenvalue weighted by Gasteiger charge is -2.36. The van der Waals surface area contributed by atoms with Crippen LogP contribution in [-0.4, -0.2) is 12.6 Å². The van der Waals surface area contributed by atoms with Crippen molar-refractivity contribution in [3.63, 3.8) is 0 Å². The van der Waals surface area contributed by atoms with Crippen molar-refractivity contribution in [1.29, 1.82) is 0 Å². The predicted octanol–water partition coefficient (Wildman–Crippen LogP) is 4.21. The largest absolute Gasteiger partial charge is 0.314 e. The van der Waals surface area contributed by atoms with Gasteiger partial charge in [0, 0.05) is 6.04 Å². The van der Waals surface area contributed by atoms with Gasteiger partial charge in [0.15, 0.2) is 0 Å². The van der Waals surface area contributed by atoms with E-state index >= 15 is 0 Å². The normalized spacial score (nSPS) is 21.0. The fraction of sp³-hybridized carbons (Fsp3) is 0.368. The van der Waals surface area contributed by atoms with Crippen LogP contribution in [0.2, 0.25) is 0 Å². The van der Waals surface area contributed by atoms with Gasteiger partial charge in [-0.1, -0.05) is 48.0 Å². The third-order valence-corrected chi connectivity index (χ3v) is 4.44. The Kier molecular flexibility index (Phi) is 4.35. The van der Waals surface area contributed by atoms with Crippen LogP contribution >= 0.6 is 0 Å². The molecule has 0 saturated heterocycles. The highest BCUT2D eigenvalue weighted by molar-refractivity contribution is 5.27. The third kappa shape index (κ3) is 3.51. The molecule has 0 aromatic heterocycles. The zero-order chi connectivity index (χ0) is 14.7. The van der Waals surface area contributed by atoms with E-state index in [0.29, 0.717) is 12.0 Å². The number of rotatable bonds is 5. The fourth-order valence-electron chi connectivity index (χ4n) is 3.09. The average molecular weight is 283 g/mol. The van der Waals surface area contributed by atoms with E-state index in [4.69, 9.17) is 0 Å². The molecule has 0 aliphatic heterocycles. The van der Waals surface area contributed by atoms with E-state index in [0.717, 1.165) is 18.5 Å². The molecule has 0 spiro atoms. The van der Waals surface area contributed by atoms with Gasteiger partial charge in [0.2, 0.25) is 0 Å². The summed E-state index contributed by atoms with van der Waals surface area (Å²) in [5.41, 5.74) is 3.60. The average Bonchev–Trinajstić information content (AvgIpc) is 2.43. The first kappa shape index (κ1) is 14.3. The van der Waals surface area contributed by atoms with Gasteiger partial charge < -0.3 is 5.32 Å². The van der Waals surface area contributed by atoms with Crippen LogP contribution in [0.4, 0.5) is 4.39 Å². The molecule has 0 unspecified atom stereocenters. The Morgan fingerprint density at radius 1 is 1.10 bits per heavy atom. The first-order chi connectivity index (χ1) is 10.2. The Morgan fingerprint density at radius 3 is 2.67 bits per heavy atom. The Hall–Kier alpha value is -1.67. The maximum absolute atomic E-state index is 13.5. The van der Waals surface area contributed by atoms with Crippen molar-refractivity contribution in [2.24, 2.45) is 0 Å². The lowest BCUT2D eigenvalue weighted by molar-refractivity contribution is 0.292. The van der Waals surface area contributed by atoms with Crippen LogP contribution in [0.3, 0.4) is 0 Å². The molecule has 21 heavy (non-hydrogen) atoms. The standard InChI is InChI=1S/C19H22FN/c1-14-5-4-7-16(11-14)17-12-18(13-17)21-10-9-15-6-2-3-8-19(15)20/h2-8,11,17-18,21H,9-10,12-13H2,1H3. The fourth-order valence-corrected chi connectivity index (χ4v) is 3.09. The lowest BCUT2D eigenvalue weighted by Crippen LogP contribution is -2.41. The molecule has 1 fully saturated rings. The monoisotopic (exact) mass is 283 g/mol. The minimum absolute atomic E-state index is 0.0921. The van der Waals surface area contributed by atoms with Crippen molar-refractivity contribution in [3.8, 4) is 0 Å². The minimum atomic E-state index is -0.0921. The van der Waals surface area contributed by atoms with Crippen molar-refractivity contribution in [2.75, 3.05) is 6.54 Å². The van der Waals surface area contributed by atoms with Gasteiger partial charge in [0.25, 0.3) is 0 Å². The molecule has 3 rings (SSSR count). The van der Waals surface area contributed by atoms with Gasteiger partial charge in [-0.3, -0.25) is 0 Å². The Labute approximate surface area is 126 Å². The van der Waals surface area contributed by atoms with Gasteiger partial charge in [-0.05, 0) is 55.8 Å². The molecule has 1 aliphatic carbocycles. The van der Waals surface area contributed by atoms with Gasteiger partial charge >= 0.3 is 0 Å². The van der Waals surface area contributed by atoms with Gasteiger partial charge in [-0.15, -0.1) is 0 Å². The van der Waals surface area contributed by atoms with Gasteiger partial charge in [-0.2, -0.15) is 0 Å². The van der Waals surface area contributed by atoms with Crippen LogP contribution in [0.15, 0.2) is 48.5 Å². The van der Waals surface area contributed by atoms with E-state index < -0.39 is 0 Å². The summed E-state index contributed by atoms with van der Waals surface area (Å²) in [5, 5.41) is 3.54. The first-order valence-corrected chi connectivity index (χ1v) is 7.76. The highest BCUT2D eigenvalue weighted by atomic mass is 19.1. The molecule has 1 saturated carbocycles. The number of halogens is 1. The van der Waals surface area contributed by atoms with Gasteiger partial charge in [0.1, 0.15) is 5.82 Å². The van der Waals surface area contributed by atoms with E-state index in [-0.39, 0.29) is 5.82 Å². The second-order valence-corrected chi connectivity index (χ2v) is 6.07. The third-order valence-electron chi connectivity index (χ3n) is 4.44. The van der Waals surface area contributed by atoms with Crippen LogP contribution in [-0.2, 0) is 6.42 Å². The molecule has 2 heteroatoms. The molecule has 1 N–H and O–H groups in total. The van der Waals surface area contributed by atoms with Gasteiger partial charge in [-0.25, -0.2) is 4.39 Å². The van der Waals surface area contributed by atoms with Crippen molar-refractivity contribution in [2.45, 2.75) is 38.1 Å². The second-order valence-electron chi connectivity index (χ2n) is 6.07. The SMILES string of the molecule is Cc1cccc(C2CC(NCCc3ccccc3F)C2)c1. The van der Waals surface area contributed by atoms with E-state index in [1.807, 2.05) is 12.1 Å². The smallest absolute Gasteiger partial charge is 0.126 e. The van der Waals surface area contributed by atoms with Crippen molar-refractivity contribution < 1.29 is 4.39 Å². The number of hydrogen-bond acceptors (Lipinski definition) is 1. The molecular formula is C19H22FN. The summed E-state index contributed by atoms with van der Waals surface area (Å²) in [7, 11) is 0. The molecule has 2 aromatic carbocycles. The van der Waals surface area contributed by atoms with Gasteiger partial charge in [0.05, 0.1) is 0 Å². The summed E-state index contributed by atoms with van der Waals surface area (Å²) in [6, 6.07) is 16.4. The molecule has 0 bridgehead atoms. The molecule has 2 aromatic rings. The highest BCUT2D eigenvalue weighted by Gasteiger charge is 2.29. The maximum atomic E-state index is 13.5. The number of hydrogen-bond donors (Lipinski definition) is 1. The molecule has 0 amide bonds. The van der Waals surface area contributed by atoms with Crippen LogP contribution in [0.5, 0.6) is 0 Å². The zero-order valence-corrected chi connectivity index (χ0v) is 12.5. The predicted molar refractivity (Wildman–Crippen MR) is 85.0 cm³/mol. The van der Waals surface area contributed by atoms with Crippen LogP contribution in [0, 0.1) is 12.7 Å². The summed E-state index contributed by atoms with van der Waals surface area (Å²) >= 11 is 0.